The number of halogens is 4. The lowest BCUT2D eigenvalue weighted by atomic mass is 9.95. The third kappa shape index (κ3) is 3.46. The van der Waals surface area contributed by atoms with E-state index in [2.05, 4.69) is 4.98 Å². The number of carbonyl (C=O) groups excluding carboxylic acids is 1. The second-order valence-corrected chi connectivity index (χ2v) is 7.93. The number of fused-ring (bicyclic) bond motifs is 4. The van der Waals surface area contributed by atoms with Crippen molar-refractivity contribution in [3.63, 3.8) is 0 Å². The van der Waals surface area contributed by atoms with Gasteiger partial charge in [-0.2, -0.15) is 0 Å². The van der Waals surface area contributed by atoms with Gasteiger partial charge in [-0.15, -0.1) is 0 Å². The molecule has 0 fully saturated rings. The Kier molecular flexibility index (Phi) is 4.97. The van der Waals surface area contributed by atoms with Crippen LogP contribution in [-0.2, 0) is 11.3 Å². The molecule has 1 aliphatic rings. The number of amides is 1. The number of pyridine rings is 2. The number of rotatable bonds is 3. The zero-order chi connectivity index (χ0) is 23.4. The average molecular weight is 459 g/mol. The number of nitrogens with one attached hydrogen (secondary N) is 1. The molecule has 0 unspecified atom stereocenters. The summed E-state index contributed by atoms with van der Waals surface area (Å²) in [7, 11) is 1.52. The van der Waals surface area contributed by atoms with Gasteiger partial charge in [0.2, 0.25) is 0 Å². The Hall–Kier alpha value is -3.66. The molecule has 1 N–H and O–H groups in total. The fourth-order valence-corrected chi connectivity index (χ4v) is 4.27. The number of hydrogen-bond donors (Lipinski definition) is 1. The molecular weight excluding hydrogens is 442 g/mol. The van der Waals surface area contributed by atoms with E-state index in [1.165, 1.54) is 42.5 Å². The molecule has 3 aromatic heterocycles. The van der Waals surface area contributed by atoms with E-state index in [0.29, 0.717) is 16.8 Å². The lowest BCUT2D eigenvalue weighted by Crippen LogP contribution is -2.37. The standard InChI is InChI=1S/C23H17F4N3O3/c1-29(23(32)12-5-13-4-11(21(26)27)2-3-30(13)8-12)19-10-33-9-18-20(19)14-6-16(24)17(25)7-15(14)22(31)28-18/h2-8,19,21H,9-10H2,1H3,(H,28,31)/t19-/m1/s1. The maximum atomic E-state index is 14.1. The predicted molar refractivity (Wildman–Crippen MR) is 111 cm³/mol. The Morgan fingerprint density at radius 2 is 1.91 bits per heavy atom. The zero-order valence-electron chi connectivity index (χ0n) is 17.2. The van der Waals surface area contributed by atoms with Crippen LogP contribution in [0.25, 0.3) is 16.3 Å². The highest BCUT2D eigenvalue weighted by Gasteiger charge is 2.32. The van der Waals surface area contributed by atoms with Crippen molar-refractivity contribution in [2.45, 2.75) is 19.1 Å². The second kappa shape index (κ2) is 7.73. The average Bonchev–Trinajstić information content (AvgIpc) is 3.22. The highest BCUT2D eigenvalue weighted by Crippen LogP contribution is 2.34. The predicted octanol–water partition coefficient (Wildman–Crippen LogP) is 4.34. The van der Waals surface area contributed by atoms with Crippen LogP contribution in [0.3, 0.4) is 0 Å². The first-order valence-electron chi connectivity index (χ1n) is 10.0. The van der Waals surface area contributed by atoms with E-state index in [0.717, 1.165) is 12.1 Å². The molecule has 6 nitrogen and oxygen atoms in total. The number of hydrogen-bond acceptors (Lipinski definition) is 3. The SMILES string of the molecule is CN(C(=O)c1cc2cc(C(F)F)ccn2c1)[C@@H]1COCc2[nH]c(=O)c3cc(F)c(F)cc3c21. The number of ether oxygens (including phenoxy) is 1. The first-order valence-corrected chi connectivity index (χ1v) is 10.0. The third-order valence-electron chi connectivity index (χ3n) is 5.95. The third-order valence-corrected chi connectivity index (χ3v) is 5.95. The summed E-state index contributed by atoms with van der Waals surface area (Å²) in [6, 6.07) is 5.15. The monoisotopic (exact) mass is 459 g/mol. The van der Waals surface area contributed by atoms with Crippen LogP contribution in [0.4, 0.5) is 17.6 Å². The van der Waals surface area contributed by atoms with E-state index in [4.69, 9.17) is 4.74 Å². The minimum Gasteiger partial charge on any atom is -0.373 e. The molecular formula is C23H17F4N3O3. The van der Waals surface area contributed by atoms with Crippen molar-refractivity contribution in [1.29, 1.82) is 0 Å². The molecule has 0 saturated carbocycles. The van der Waals surface area contributed by atoms with E-state index in [-0.39, 0.29) is 35.1 Å². The van der Waals surface area contributed by atoms with Gasteiger partial charge in [-0.25, -0.2) is 17.6 Å². The summed E-state index contributed by atoms with van der Waals surface area (Å²) in [6.07, 6.45) is 0.333. The fourth-order valence-electron chi connectivity index (χ4n) is 4.27. The summed E-state index contributed by atoms with van der Waals surface area (Å²) in [6.45, 7) is 0.114. The van der Waals surface area contributed by atoms with Gasteiger partial charge in [0.1, 0.15) is 0 Å². The second-order valence-electron chi connectivity index (χ2n) is 7.93. The summed E-state index contributed by atoms with van der Waals surface area (Å²) in [5.74, 6) is -2.69. The van der Waals surface area contributed by atoms with Crippen molar-refractivity contribution in [2.24, 2.45) is 0 Å². The van der Waals surface area contributed by atoms with Crippen LogP contribution in [0.2, 0.25) is 0 Å². The van der Waals surface area contributed by atoms with Crippen LogP contribution in [-0.4, -0.2) is 33.8 Å². The maximum absolute atomic E-state index is 14.1. The summed E-state index contributed by atoms with van der Waals surface area (Å²) >= 11 is 0. The number of nitrogens with zero attached hydrogens (tertiary/aromatic N) is 2. The molecule has 0 aliphatic carbocycles. The fraction of sp³-hybridized carbons (Fsp3) is 0.217. The summed E-state index contributed by atoms with van der Waals surface area (Å²) in [4.78, 5) is 29.7. The Bertz CT molecular complexity index is 1480. The Morgan fingerprint density at radius 1 is 1.18 bits per heavy atom. The number of benzene rings is 1. The molecule has 10 heteroatoms. The van der Waals surface area contributed by atoms with Crippen LogP contribution in [0.1, 0.15) is 39.6 Å². The summed E-state index contributed by atoms with van der Waals surface area (Å²) < 4.78 is 61.0. The van der Waals surface area contributed by atoms with E-state index >= 15 is 0 Å². The van der Waals surface area contributed by atoms with Crippen LogP contribution < -0.4 is 5.56 Å². The molecule has 1 amide bonds. The molecule has 0 bridgehead atoms. The van der Waals surface area contributed by atoms with Crippen molar-refractivity contribution in [3.8, 4) is 0 Å². The normalized spacial score (nSPS) is 15.9. The lowest BCUT2D eigenvalue weighted by molar-refractivity contribution is 0.0336. The van der Waals surface area contributed by atoms with Gasteiger partial charge in [0.15, 0.2) is 11.6 Å². The number of alkyl halides is 2. The molecule has 33 heavy (non-hydrogen) atoms. The molecule has 0 spiro atoms. The van der Waals surface area contributed by atoms with Crippen molar-refractivity contribution in [3.05, 3.63) is 87.1 Å². The maximum Gasteiger partial charge on any atom is 0.263 e. The summed E-state index contributed by atoms with van der Waals surface area (Å²) in [5.41, 5.74) is 0.771. The molecule has 0 saturated heterocycles. The van der Waals surface area contributed by atoms with E-state index < -0.39 is 35.6 Å². The number of likely N-dealkylation sites (N-methyl/N-ethyl adjacent to an activating group) is 1. The van der Waals surface area contributed by atoms with Gasteiger partial charge in [0, 0.05) is 41.8 Å². The molecule has 5 rings (SSSR count). The van der Waals surface area contributed by atoms with Crippen LogP contribution in [0.15, 0.2) is 47.5 Å². The van der Waals surface area contributed by atoms with Crippen molar-refractivity contribution in [1.82, 2.24) is 14.3 Å². The number of aromatic nitrogens is 2. The highest BCUT2D eigenvalue weighted by atomic mass is 19.3. The van der Waals surface area contributed by atoms with Gasteiger partial charge in [-0.1, -0.05) is 0 Å². The topological polar surface area (TPSA) is 66.8 Å². The van der Waals surface area contributed by atoms with Gasteiger partial charge < -0.3 is 19.0 Å². The molecule has 1 atom stereocenters. The Morgan fingerprint density at radius 3 is 2.64 bits per heavy atom. The van der Waals surface area contributed by atoms with Crippen LogP contribution in [0, 0.1) is 11.6 Å². The van der Waals surface area contributed by atoms with Gasteiger partial charge in [0.05, 0.1) is 30.2 Å². The Labute approximate surface area is 184 Å². The van der Waals surface area contributed by atoms with E-state index in [1.807, 2.05) is 0 Å². The first kappa shape index (κ1) is 21.2. The summed E-state index contributed by atoms with van der Waals surface area (Å²) in [5, 5.41) is 0.166. The Balaban J connectivity index is 1.58. The number of H-pyrrole nitrogens is 1. The number of carbonyl (C=O) groups is 1. The van der Waals surface area contributed by atoms with Gasteiger partial charge in [0.25, 0.3) is 17.9 Å². The smallest absolute Gasteiger partial charge is 0.263 e. The van der Waals surface area contributed by atoms with Crippen molar-refractivity contribution in [2.75, 3.05) is 13.7 Å². The van der Waals surface area contributed by atoms with Crippen molar-refractivity contribution >= 4 is 22.2 Å². The molecule has 1 aliphatic heterocycles. The molecule has 170 valence electrons. The van der Waals surface area contributed by atoms with E-state index in [9.17, 15) is 27.2 Å². The highest BCUT2D eigenvalue weighted by molar-refractivity contribution is 5.96. The zero-order valence-corrected chi connectivity index (χ0v) is 17.2. The van der Waals surface area contributed by atoms with Gasteiger partial charge >= 0.3 is 0 Å². The molecule has 4 aromatic rings. The lowest BCUT2D eigenvalue weighted by Gasteiger charge is -2.33. The van der Waals surface area contributed by atoms with Gasteiger partial charge in [-0.3, -0.25) is 9.59 Å². The molecule has 1 aromatic carbocycles. The van der Waals surface area contributed by atoms with Crippen LogP contribution in [0.5, 0.6) is 0 Å². The minimum absolute atomic E-state index is 0.0328. The van der Waals surface area contributed by atoms with E-state index in [1.54, 1.807) is 4.40 Å². The van der Waals surface area contributed by atoms with Crippen LogP contribution >= 0.6 is 0 Å². The number of aromatic amines is 1. The largest absolute Gasteiger partial charge is 0.373 e. The first-order chi connectivity index (χ1) is 15.7. The quantitative estimate of drug-likeness (QED) is 0.464. The van der Waals surface area contributed by atoms with Crippen molar-refractivity contribution < 1.29 is 27.1 Å². The van der Waals surface area contributed by atoms with Gasteiger partial charge in [-0.05, 0) is 35.7 Å². The molecule has 0 radical (unpaired) electrons. The minimum atomic E-state index is -2.64. The molecule has 4 heterocycles.